The van der Waals surface area contributed by atoms with Gasteiger partial charge in [-0.2, -0.15) is 0 Å². The van der Waals surface area contributed by atoms with Gasteiger partial charge in [0, 0.05) is 122 Å². The molecule has 5 aliphatic heterocycles. The number of nitrogens with zero attached hydrogens (tertiary/aromatic N) is 17. The minimum Gasteiger partial charge on any atom is -0.383 e. The van der Waals surface area contributed by atoms with Crippen molar-refractivity contribution in [2.75, 3.05) is 139 Å². The van der Waals surface area contributed by atoms with E-state index in [9.17, 15) is 37.5 Å². The Balaban J connectivity index is 0.000000143. The van der Waals surface area contributed by atoms with Gasteiger partial charge < -0.3 is 63.0 Å². The van der Waals surface area contributed by atoms with Crippen LogP contribution in [0.2, 0.25) is 0 Å². The van der Waals surface area contributed by atoms with Crippen LogP contribution in [-0.2, 0) is 4.79 Å². The number of nitrogen functional groups attached to an aromatic ring is 5. The Kier molecular flexibility index (Phi) is 28.8. The Bertz CT molecular complexity index is 4950. The molecule has 10 N–H and O–H groups in total. The second kappa shape index (κ2) is 39.7. The summed E-state index contributed by atoms with van der Waals surface area (Å²) in [5.41, 5.74) is 33.6. The van der Waals surface area contributed by atoms with E-state index in [0.717, 1.165) is 101 Å². The molecule has 0 saturated carbocycles. The number of piperidine rings is 3. The highest BCUT2D eigenvalue weighted by Gasteiger charge is 2.32. The molecule has 15 rings (SSSR count). The van der Waals surface area contributed by atoms with Crippen LogP contribution in [0.3, 0.4) is 0 Å². The van der Waals surface area contributed by atoms with E-state index in [1.54, 1.807) is 122 Å². The van der Waals surface area contributed by atoms with E-state index in [4.69, 9.17) is 28.7 Å². The molecule has 0 radical (unpaired) electrons. The quantitative estimate of drug-likeness (QED) is 0.0529. The number of nitrogens with two attached hydrogens (primary N) is 5. The van der Waals surface area contributed by atoms with Gasteiger partial charge in [0.25, 0.3) is 5.92 Å². The number of hydrogen-bond donors (Lipinski definition) is 5. The van der Waals surface area contributed by atoms with Crippen molar-refractivity contribution >= 4 is 93.0 Å². The number of anilines is 10. The van der Waals surface area contributed by atoms with Crippen molar-refractivity contribution in [3.63, 3.8) is 0 Å². The predicted molar refractivity (Wildman–Crippen MR) is 447 cm³/mol. The minimum absolute atomic E-state index is 0.138. The summed E-state index contributed by atoms with van der Waals surface area (Å²) in [7, 11) is 2.11. The van der Waals surface area contributed by atoms with Crippen molar-refractivity contribution in [3.05, 3.63) is 238 Å². The fourth-order valence-electron chi connectivity index (χ4n) is 14.1. The van der Waals surface area contributed by atoms with Gasteiger partial charge in [0.1, 0.15) is 86.6 Å². The van der Waals surface area contributed by atoms with Crippen LogP contribution < -0.4 is 53.2 Å². The van der Waals surface area contributed by atoms with Crippen LogP contribution in [0.25, 0.3) is 0 Å². The summed E-state index contributed by atoms with van der Waals surface area (Å²) in [5.74, 6) is 0.492. The Labute approximate surface area is 674 Å². The normalized spacial score (nSPS) is 16.3. The fourth-order valence-corrected chi connectivity index (χ4v) is 14.1. The first-order chi connectivity index (χ1) is 55.9. The molecule has 10 aromatic heterocycles. The van der Waals surface area contributed by atoms with Gasteiger partial charge in [-0.3, -0.25) is 28.8 Å². The summed E-state index contributed by atoms with van der Waals surface area (Å²) >= 11 is 0. The van der Waals surface area contributed by atoms with E-state index in [1.807, 2.05) is 60.4 Å². The van der Waals surface area contributed by atoms with Gasteiger partial charge in [0.05, 0.1) is 34.2 Å². The molecule has 1 amide bonds. The average molecular weight is 1580 g/mol. The van der Waals surface area contributed by atoms with E-state index in [1.165, 1.54) is 56.0 Å². The highest BCUT2D eigenvalue weighted by Crippen LogP contribution is 2.29. The summed E-state index contributed by atoms with van der Waals surface area (Å²) in [5, 5.41) is 0. The van der Waals surface area contributed by atoms with Crippen molar-refractivity contribution in [3.8, 4) is 0 Å². The van der Waals surface area contributed by atoms with E-state index >= 15 is 0 Å². The van der Waals surface area contributed by atoms with Gasteiger partial charge >= 0.3 is 0 Å². The fraction of sp³-hybridized carbons (Fsp3) is 0.349. The molecule has 116 heavy (non-hydrogen) atoms. The highest BCUT2D eigenvalue weighted by molar-refractivity contribution is 6.13. The van der Waals surface area contributed by atoms with Crippen LogP contribution in [0, 0.1) is 6.92 Å². The zero-order valence-electron chi connectivity index (χ0n) is 66.1. The molecule has 0 bridgehead atoms. The van der Waals surface area contributed by atoms with Gasteiger partial charge in [0.15, 0.2) is 0 Å². The van der Waals surface area contributed by atoms with Crippen LogP contribution in [0.4, 0.5) is 67.0 Å². The first-order valence-corrected chi connectivity index (χ1v) is 39.1. The molecule has 10 aromatic rings. The Morgan fingerprint density at radius 3 is 1.04 bits per heavy atom. The molecule has 604 valence electrons. The minimum atomic E-state index is -3.02. The summed E-state index contributed by atoms with van der Waals surface area (Å²) < 4.78 is 26.1. The standard InChI is InChI=1S/C19H21F2N5O2.3C17H20N4O.C16H19N5O/c1-19(20,21)12-16(27)26-10-8-25(9-11-26)15-6-2-5-14(24-15)17(28)13-4-3-7-23-18(13)22;2*1-12-6-2-3-11-21(12)15-9-4-8-14(20-15)16(22)13-7-5-10-19-17(13)18;1-12-7-8-14(21-10-3-2-4-11-21)20-15(12)16(22)13-6-5-9-19-17(13)18;1-20-8-10-21(11-9-20)14-6-2-5-13(19-14)15(22)12-4-3-7-18-16(12)17/h2-7H,8-12H2,1H3,(H2,22,23);2*4-5,7-10,12H,2-3,6,11H2,1H3,(H2,18,19);5-9H,2-4,10-11H2,1H3,(H2,18,19);2-7H,8-11H2,1H3,(H2,17,18)/t;2*12-;;/m.10../s1. The molecule has 15 heterocycles. The summed E-state index contributed by atoms with van der Waals surface area (Å²) in [6.45, 7) is 16.4. The Morgan fingerprint density at radius 2 is 0.690 bits per heavy atom. The number of ketones is 5. The van der Waals surface area contributed by atoms with Crippen LogP contribution in [0.15, 0.2) is 177 Å². The number of aryl methyl sites for hydroxylation is 1. The van der Waals surface area contributed by atoms with Crippen molar-refractivity contribution in [1.82, 2.24) is 59.6 Å². The molecule has 0 unspecified atom stereocenters. The van der Waals surface area contributed by atoms with Crippen LogP contribution >= 0.6 is 0 Å². The first kappa shape index (κ1) is 84.1. The number of pyridine rings is 10. The lowest BCUT2D eigenvalue weighted by atomic mass is 10.0. The molecule has 5 saturated heterocycles. The molecule has 5 fully saturated rings. The lowest BCUT2D eigenvalue weighted by Crippen LogP contribution is -2.49. The smallest absolute Gasteiger partial charge is 0.254 e. The SMILES string of the molecule is CC(F)(F)CC(=O)N1CCN(c2cccc(C(=O)c3cccnc3N)n2)CC1.CN1CCN(c2cccc(C(=O)c3cccnc3N)n2)CC1.C[C@@H]1CCCCN1c1cccc(C(=O)c2cccnc2N)n1.C[C@H]1CCCCN1c1cccc(C(=O)c2cccnc2N)n1.Cc1ccc(N2CCCCC2)nc1C(=O)c1cccnc1N. The molecule has 0 aromatic carbocycles. The van der Waals surface area contributed by atoms with Gasteiger partial charge in [0.2, 0.25) is 34.8 Å². The third-order valence-electron chi connectivity index (χ3n) is 20.7. The number of carbonyl (C=O) groups excluding carboxylic acids is 6. The number of rotatable bonds is 17. The van der Waals surface area contributed by atoms with Gasteiger partial charge in [-0.1, -0.05) is 30.3 Å². The first-order valence-electron chi connectivity index (χ1n) is 39.1. The van der Waals surface area contributed by atoms with Crippen molar-refractivity contribution in [1.29, 1.82) is 0 Å². The van der Waals surface area contributed by atoms with E-state index in [2.05, 4.69) is 95.2 Å². The van der Waals surface area contributed by atoms with Crippen LogP contribution in [0.5, 0.6) is 0 Å². The summed E-state index contributed by atoms with van der Waals surface area (Å²) in [6.07, 6.45) is 17.8. The van der Waals surface area contributed by atoms with Crippen molar-refractivity contribution < 1.29 is 37.5 Å². The topological polar surface area (TPSA) is 384 Å². The lowest BCUT2D eigenvalue weighted by Gasteiger charge is -2.36. The van der Waals surface area contributed by atoms with E-state index in [-0.39, 0.29) is 69.3 Å². The summed E-state index contributed by atoms with van der Waals surface area (Å²) in [4.78, 5) is 132. The number of alkyl halides is 2. The number of amides is 1. The van der Waals surface area contributed by atoms with Crippen molar-refractivity contribution in [2.24, 2.45) is 0 Å². The van der Waals surface area contributed by atoms with E-state index < -0.39 is 18.3 Å². The number of aromatic nitrogens is 10. The van der Waals surface area contributed by atoms with Gasteiger partial charge in [-0.25, -0.2) is 58.6 Å². The Morgan fingerprint density at radius 1 is 0.371 bits per heavy atom. The highest BCUT2D eigenvalue weighted by atomic mass is 19.3. The Hall–Kier alpha value is -12.9. The summed E-state index contributed by atoms with van der Waals surface area (Å²) in [6, 6.07) is 43.4. The monoisotopic (exact) mass is 1570 g/mol. The second-order valence-electron chi connectivity index (χ2n) is 29.2. The number of carbonyl (C=O) groups is 6. The van der Waals surface area contributed by atoms with Crippen LogP contribution in [-0.4, -0.2) is 198 Å². The molecule has 5 aliphatic rings. The maximum atomic E-state index is 13.0. The molecule has 2 atom stereocenters. The number of halogens is 2. The third-order valence-corrected chi connectivity index (χ3v) is 20.7. The largest absolute Gasteiger partial charge is 0.383 e. The van der Waals surface area contributed by atoms with Crippen molar-refractivity contribution in [2.45, 2.75) is 110 Å². The number of hydrogen-bond acceptors (Lipinski definition) is 27. The van der Waals surface area contributed by atoms with Crippen LogP contribution in [0.1, 0.15) is 171 Å². The average Bonchev–Trinajstić information content (AvgIpc) is 0.837. The zero-order chi connectivity index (χ0) is 82.4. The molecular formula is C86H100F2N22O6. The van der Waals surface area contributed by atoms with Gasteiger partial charge in [-0.15, -0.1) is 0 Å². The number of piperazine rings is 2. The molecule has 0 spiro atoms. The van der Waals surface area contributed by atoms with Gasteiger partial charge in [-0.05, 0) is 213 Å². The number of likely N-dealkylation sites (N-methyl/N-ethyl adjacent to an activating group) is 1. The maximum absolute atomic E-state index is 13.0. The molecular weight excluding hydrogens is 1480 g/mol. The lowest BCUT2D eigenvalue weighted by molar-refractivity contribution is -0.138. The molecule has 0 aliphatic carbocycles. The molecule has 30 heteroatoms. The third kappa shape index (κ3) is 22.1. The second-order valence-corrected chi connectivity index (χ2v) is 29.2. The molecule has 28 nitrogen and oxygen atoms in total. The van der Waals surface area contributed by atoms with E-state index in [0.29, 0.717) is 89.1 Å². The zero-order valence-corrected chi connectivity index (χ0v) is 66.1. The predicted octanol–water partition coefficient (Wildman–Crippen LogP) is 11.0. The maximum Gasteiger partial charge on any atom is 0.254 e.